The van der Waals surface area contributed by atoms with E-state index in [0.29, 0.717) is 26.4 Å². The highest BCUT2D eigenvalue weighted by Crippen LogP contribution is 1.87. The molecule has 0 radical (unpaired) electrons. The molecule has 0 saturated heterocycles. The van der Waals surface area contributed by atoms with Crippen molar-refractivity contribution in [1.82, 2.24) is 5.32 Å². The SMILES string of the molecule is CCCCOCCOC(=O)CNCCOC. The zero-order valence-electron chi connectivity index (χ0n) is 10.3. The van der Waals surface area contributed by atoms with Crippen molar-refractivity contribution in [2.75, 3.05) is 46.6 Å². The average molecular weight is 233 g/mol. The van der Waals surface area contributed by atoms with Crippen molar-refractivity contribution >= 4 is 5.97 Å². The quantitative estimate of drug-likeness (QED) is 0.418. The zero-order valence-corrected chi connectivity index (χ0v) is 10.3. The molecule has 5 nitrogen and oxygen atoms in total. The zero-order chi connectivity index (χ0) is 12.1. The number of esters is 1. The van der Waals surface area contributed by atoms with Crippen LogP contribution in [0.15, 0.2) is 0 Å². The molecule has 0 heterocycles. The summed E-state index contributed by atoms with van der Waals surface area (Å²) in [5.74, 6) is -0.254. The summed E-state index contributed by atoms with van der Waals surface area (Å²) in [5.41, 5.74) is 0. The van der Waals surface area contributed by atoms with Gasteiger partial charge in [0.2, 0.25) is 0 Å². The Labute approximate surface area is 97.4 Å². The van der Waals surface area contributed by atoms with Crippen molar-refractivity contribution < 1.29 is 19.0 Å². The number of hydrogen-bond acceptors (Lipinski definition) is 5. The van der Waals surface area contributed by atoms with Crippen LogP contribution in [0.4, 0.5) is 0 Å². The second kappa shape index (κ2) is 12.4. The standard InChI is InChI=1S/C11H23NO4/c1-3-4-6-15-8-9-16-11(13)10-12-5-7-14-2/h12H,3-10H2,1-2H3. The van der Waals surface area contributed by atoms with Gasteiger partial charge in [0.05, 0.1) is 19.8 Å². The van der Waals surface area contributed by atoms with Crippen molar-refractivity contribution in [3.05, 3.63) is 0 Å². The Morgan fingerprint density at radius 3 is 2.69 bits per heavy atom. The van der Waals surface area contributed by atoms with Crippen molar-refractivity contribution in [3.63, 3.8) is 0 Å². The van der Waals surface area contributed by atoms with Gasteiger partial charge in [-0.05, 0) is 6.42 Å². The first-order valence-electron chi connectivity index (χ1n) is 5.74. The van der Waals surface area contributed by atoms with Gasteiger partial charge in [-0.3, -0.25) is 4.79 Å². The molecule has 0 bridgehead atoms. The summed E-state index contributed by atoms with van der Waals surface area (Å²) in [7, 11) is 1.62. The maximum absolute atomic E-state index is 11.1. The van der Waals surface area contributed by atoms with Gasteiger partial charge in [0, 0.05) is 20.3 Å². The van der Waals surface area contributed by atoms with Gasteiger partial charge in [-0.15, -0.1) is 0 Å². The highest BCUT2D eigenvalue weighted by molar-refractivity contribution is 5.71. The Bertz CT molecular complexity index is 164. The Kier molecular flexibility index (Phi) is 11.9. The minimum Gasteiger partial charge on any atom is -0.462 e. The van der Waals surface area contributed by atoms with E-state index < -0.39 is 0 Å². The van der Waals surface area contributed by atoms with Crippen molar-refractivity contribution in [2.45, 2.75) is 19.8 Å². The first-order chi connectivity index (χ1) is 7.81. The molecule has 0 aliphatic carbocycles. The number of carbonyl (C=O) groups is 1. The van der Waals surface area contributed by atoms with Crippen LogP contribution in [0.2, 0.25) is 0 Å². The third-order valence-corrected chi connectivity index (χ3v) is 1.89. The lowest BCUT2D eigenvalue weighted by Crippen LogP contribution is -2.28. The number of rotatable bonds is 11. The predicted molar refractivity (Wildman–Crippen MR) is 61.4 cm³/mol. The van der Waals surface area contributed by atoms with Crippen molar-refractivity contribution in [3.8, 4) is 0 Å². The fourth-order valence-corrected chi connectivity index (χ4v) is 0.979. The van der Waals surface area contributed by atoms with E-state index in [0.717, 1.165) is 19.4 Å². The van der Waals surface area contributed by atoms with Gasteiger partial charge in [0.25, 0.3) is 0 Å². The van der Waals surface area contributed by atoms with Crippen LogP contribution in [0.25, 0.3) is 0 Å². The van der Waals surface area contributed by atoms with Gasteiger partial charge in [-0.25, -0.2) is 0 Å². The maximum atomic E-state index is 11.1. The minimum absolute atomic E-state index is 0.221. The lowest BCUT2D eigenvalue weighted by atomic mass is 10.4. The molecule has 0 aromatic heterocycles. The molecular weight excluding hydrogens is 210 g/mol. The molecule has 0 aromatic rings. The molecule has 1 N–H and O–H groups in total. The van der Waals surface area contributed by atoms with Gasteiger partial charge in [-0.2, -0.15) is 0 Å². The van der Waals surface area contributed by atoms with E-state index in [4.69, 9.17) is 14.2 Å². The number of unbranched alkanes of at least 4 members (excludes halogenated alkanes) is 1. The summed E-state index contributed by atoms with van der Waals surface area (Å²) in [6.45, 7) is 5.11. The van der Waals surface area contributed by atoms with Crippen molar-refractivity contribution in [2.24, 2.45) is 0 Å². The van der Waals surface area contributed by atoms with Crippen LogP contribution in [0.3, 0.4) is 0 Å². The minimum atomic E-state index is -0.254. The highest BCUT2D eigenvalue weighted by atomic mass is 16.6. The van der Waals surface area contributed by atoms with Crippen LogP contribution >= 0.6 is 0 Å². The van der Waals surface area contributed by atoms with Gasteiger partial charge >= 0.3 is 5.97 Å². The largest absolute Gasteiger partial charge is 0.462 e. The molecule has 0 spiro atoms. The Morgan fingerprint density at radius 1 is 1.19 bits per heavy atom. The summed E-state index contributed by atoms with van der Waals surface area (Å²) in [6.07, 6.45) is 2.16. The van der Waals surface area contributed by atoms with E-state index >= 15 is 0 Å². The highest BCUT2D eigenvalue weighted by Gasteiger charge is 2.00. The fraction of sp³-hybridized carbons (Fsp3) is 0.909. The molecule has 0 rings (SSSR count). The maximum Gasteiger partial charge on any atom is 0.320 e. The summed E-state index contributed by atoms with van der Waals surface area (Å²) in [5, 5.41) is 2.91. The van der Waals surface area contributed by atoms with Crippen LogP contribution in [-0.4, -0.2) is 52.6 Å². The lowest BCUT2D eigenvalue weighted by Gasteiger charge is -2.06. The Morgan fingerprint density at radius 2 is 2.00 bits per heavy atom. The van der Waals surface area contributed by atoms with Gasteiger partial charge in [0.15, 0.2) is 0 Å². The normalized spacial score (nSPS) is 10.4. The molecule has 5 heteroatoms. The number of nitrogens with one attached hydrogen (secondary N) is 1. The first kappa shape index (κ1) is 15.3. The van der Waals surface area contributed by atoms with Gasteiger partial charge in [0.1, 0.15) is 6.61 Å². The molecule has 96 valence electrons. The number of hydrogen-bond donors (Lipinski definition) is 1. The molecule has 16 heavy (non-hydrogen) atoms. The van der Waals surface area contributed by atoms with Crippen molar-refractivity contribution in [1.29, 1.82) is 0 Å². The van der Waals surface area contributed by atoms with E-state index in [1.165, 1.54) is 0 Å². The molecular formula is C11H23NO4. The average Bonchev–Trinajstić information content (AvgIpc) is 2.29. The van der Waals surface area contributed by atoms with Gasteiger partial charge < -0.3 is 19.5 Å². The molecule has 0 aliphatic heterocycles. The van der Waals surface area contributed by atoms with Crippen LogP contribution in [0.5, 0.6) is 0 Å². The number of carbonyl (C=O) groups excluding carboxylic acids is 1. The monoisotopic (exact) mass is 233 g/mol. The van der Waals surface area contributed by atoms with Crippen LogP contribution in [0.1, 0.15) is 19.8 Å². The Hall–Kier alpha value is -0.650. The second-order valence-electron chi connectivity index (χ2n) is 3.36. The molecule has 0 unspecified atom stereocenters. The molecule has 0 saturated carbocycles. The summed E-state index contributed by atoms with van der Waals surface area (Å²) < 4.78 is 15.0. The van der Waals surface area contributed by atoms with E-state index in [-0.39, 0.29) is 12.5 Å². The lowest BCUT2D eigenvalue weighted by molar-refractivity contribution is -0.144. The van der Waals surface area contributed by atoms with E-state index in [1.54, 1.807) is 7.11 Å². The molecule has 0 aliphatic rings. The van der Waals surface area contributed by atoms with Gasteiger partial charge in [-0.1, -0.05) is 13.3 Å². The second-order valence-corrected chi connectivity index (χ2v) is 3.36. The fourth-order valence-electron chi connectivity index (χ4n) is 0.979. The summed E-state index contributed by atoms with van der Waals surface area (Å²) in [4.78, 5) is 11.1. The topological polar surface area (TPSA) is 56.8 Å². The molecule has 0 atom stereocenters. The van der Waals surface area contributed by atoms with Crippen LogP contribution in [0, 0.1) is 0 Å². The summed E-state index contributed by atoms with van der Waals surface area (Å²) in [6, 6.07) is 0. The van der Waals surface area contributed by atoms with Crippen LogP contribution < -0.4 is 5.32 Å². The smallest absolute Gasteiger partial charge is 0.320 e. The van der Waals surface area contributed by atoms with Crippen LogP contribution in [-0.2, 0) is 19.0 Å². The molecule has 0 aromatic carbocycles. The van der Waals surface area contributed by atoms with E-state index in [1.807, 2.05) is 0 Å². The Balaban J connectivity index is 3.11. The number of ether oxygens (including phenoxy) is 3. The third kappa shape index (κ3) is 11.4. The first-order valence-corrected chi connectivity index (χ1v) is 5.74. The molecule has 0 amide bonds. The molecule has 0 fully saturated rings. The van der Waals surface area contributed by atoms with E-state index in [2.05, 4.69) is 12.2 Å². The summed E-state index contributed by atoms with van der Waals surface area (Å²) >= 11 is 0. The predicted octanol–water partition coefficient (Wildman–Crippen LogP) is 0.582. The van der Waals surface area contributed by atoms with E-state index in [9.17, 15) is 4.79 Å². The third-order valence-electron chi connectivity index (χ3n) is 1.89. The number of methoxy groups -OCH3 is 1.